The van der Waals surface area contributed by atoms with Gasteiger partial charge in [0.2, 0.25) is 0 Å². The lowest BCUT2D eigenvalue weighted by atomic mass is 10.1. The molecule has 1 aromatic heterocycles. The van der Waals surface area contributed by atoms with E-state index in [2.05, 4.69) is 31.2 Å². The number of ether oxygens (including phenoxy) is 1. The van der Waals surface area contributed by atoms with Gasteiger partial charge < -0.3 is 10.1 Å². The van der Waals surface area contributed by atoms with Crippen molar-refractivity contribution in [2.45, 2.75) is 6.92 Å². The Bertz CT molecular complexity index is 1160. The Balaban J connectivity index is 1.57. The van der Waals surface area contributed by atoms with E-state index in [0.29, 0.717) is 17.1 Å². The summed E-state index contributed by atoms with van der Waals surface area (Å²) in [5, 5.41) is 4.16. The Morgan fingerprint density at radius 3 is 2.64 bits per heavy atom. The number of hydrogen-bond acceptors (Lipinski definition) is 5. The van der Waals surface area contributed by atoms with Gasteiger partial charge >= 0.3 is 5.97 Å². The average molecular weight is 434 g/mol. The summed E-state index contributed by atoms with van der Waals surface area (Å²) >= 11 is 3.48. The molecular weight excluding hydrogens is 418 g/mol. The molecule has 0 saturated heterocycles. The summed E-state index contributed by atoms with van der Waals surface area (Å²) in [5.74, 6) is 0.733. The van der Waals surface area contributed by atoms with Crippen LogP contribution in [0.5, 0.6) is 5.75 Å². The average Bonchev–Trinajstić information content (AvgIpc) is 2.69. The summed E-state index contributed by atoms with van der Waals surface area (Å²) in [5.41, 5.74) is 3.19. The van der Waals surface area contributed by atoms with Crippen molar-refractivity contribution in [3.63, 3.8) is 0 Å². The summed E-state index contributed by atoms with van der Waals surface area (Å²) in [6.45, 7) is 1.97. The third-order valence-corrected chi connectivity index (χ3v) is 4.69. The highest BCUT2D eigenvalue weighted by Crippen LogP contribution is 2.27. The van der Waals surface area contributed by atoms with Gasteiger partial charge in [0.25, 0.3) is 0 Å². The van der Waals surface area contributed by atoms with E-state index in [0.717, 1.165) is 26.6 Å². The molecule has 0 fully saturated rings. The van der Waals surface area contributed by atoms with E-state index in [1.807, 2.05) is 49.4 Å². The molecule has 4 rings (SSSR count). The molecule has 28 heavy (non-hydrogen) atoms. The molecule has 5 nitrogen and oxygen atoms in total. The molecule has 138 valence electrons. The van der Waals surface area contributed by atoms with Gasteiger partial charge in [-0.1, -0.05) is 39.7 Å². The van der Waals surface area contributed by atoms with Crippen molar-refractivity contribution in [2.24, 2.45) is 0 Å². The monoisotopic (exact) mass is 433 g/mol. The van der Waals surface area contributed by atoms with Crippen molar-refractivity contribution < 1.29 is 9.53 Å². The second-order valence-corrected chi connectivity index (χ2v) is 7.21. The van der Waals surface area contributed by atoms with Gasteiger partial charge in [-0.15, -0.1) is 0 Å². The number of aromatic nitrogens is 2. The molecule has 0 atom stereocenters. The van der Waals surface area contributed by atoms with E-state index in [1.165, 1.54) is 6.33 Å². The van der Waals surface area contributed by atoms with Gasteiger partial charge in [-0.3, -0.25) is 0 Å². The molecule has 0 saturated carbocycles. The normalized spacial score (nSPS) is 10.6. The number of fused-ring (bicyclic) bond motifs is 1. The van der Waals surface area contributed by atoms with Crippen molar-refractivity contribution >= 4 is 44.3 Å². The van der Waals surface area contributed by atoms with Crippen LogP contribution in [0.15, 0.2) is 77.5 Å². The predicted molar refractivity (Wildman–Crippen MR) is 113 cm³/mol. The van der Waals surface area contributed by atoms with Crippen molar-refractivity contribution in [2.75, 3.05) is 5.32 Å². The van der Waals surface area contributed by atoms with Crippen molar-refractivity contribution in [3.8, 4) is 5.75 Å². The fraction of sp³-hybridized carbons (Fsp3) is 0.0455. The highest BCUT2D eigenvalue weighted by Gasteiger charge is 2.10. The molecule has 0 bridgehead atoms. The summed E-state index contributed by atoms with van der Waals surface area (Å²) in [7, 11) is 0. The maximum atomic E-state index is 12.3. The number of carbonyl (C=O) groups is 1. The zero-order chi connectivity index (χ0) is 19.5. The number of aryl methyl sites for hydroxylation is 1. The Labute approximate surface area is 170 Å². The van der Waals surface area contributed by atoms with E-state index in [9.17, 15) is 4.79 Å². The van der Waals surface area contributed by atoms with Gasteiger partial charge in [-0.2, -0.15) is 0 Å². The van der Waals surface area contributed by atoms with Gasteiger partial charge in [0.15, 0.2) is 0 Å². The summed E-state index contributed by atoms with van der Waals surface area (Å²) in [6, 6.07) is 20.3. The quantitative estimate of drug-likeness (QED) is 0.332. The minimum atomic E-state index is -0.395. The van der Waals surface area contributed by atoms with Crippen LogP contribution in [0.25, 0.3) is 10.9 Å². The van der Waals surface area contributed by atoms with Gasteiger partial charge in [0.05, 0.1) is 11.1 Å². The van der Waals surface area contributed by atoms with Gasteiger partial charge in [-0.25, -0.2) is 14.8 Å². The fourth-order valence-corrected chi connectivity index (χ4v) is 3.12. The zero-order valence-corrected chi connectivity index (χ0v) is 16.6. The molecular formula is C22H16BrN3O2. The standard InChI is InChI=1S/C22H16BrN3O2/c1-14-5-7-15(8-6-14)22(27)28-18-4-2-3-17(12-18)26-21-19-11-16(23)9-10-20(19)24-13-25-21/h2-13H,1H3,(H,24,25,26). The van der Waals surface area contributed by atoms with Crippen LogP contribution in [-0.2, 0) is 0 Å². The Hall–Kier alpha value is -3.25. The van der Waals surface area contributed by atoms with Crippen LogP contribution in [0.4, 0.5) is 11.5 Å². The lowest BCUT2D eigenvalue weighted by Gasteiger charge is -2.10. The number of benzene rings is 3. The van der Waals surface area contributed by atoms with E-state index in [-0.39, 0.29) is 0 Å². The molecule has 4 aromatic rings. The molecule has 0 radical (unpaired) electrons. The van der Waals surface area contributed by atoms with Crippen LogP contribution in [0.2, 0.25) is 0 Å². The first-order valence-electron chi connectivity index (χ1n) is 8.65. The third kappa shape index (κ3) is 4.02. The van der Waals surface area contributed by atoms with E-state index >= 15 is 0 Å². The number of esters is 1. The van der Waals surface area contributed by atoms with Gasteiger partial charge in [-0.05, 0) is 49.4 Å². The Morgan fingerprint density at radius 1 is 1.00 bits per heavy atom. The minimum Gasteiger partial charge on any atom is -0.423 e. The lowest BCUT2D eigenvalue weighted by molar-refractivity contribution is 0.0735. The number of carbonyl (C=O) groups excluding carboxylic acids is 1. The van der Waals surface area contributed by atoms with Crippen molar-refractivity contribution in [3.05, 3.63) is 88.7 Å². The number of halogens is 1. The van der Waals surface area contributed by atoms with E-state index in [4.69, 9.17) is 4.74 Å². The summed E-state index contributed by atoms with van der Waals surface area (Å²) < 4.78 is 6.45. The van der Waals surface area contributed by atoms with Crippen molar-refractivity contribution in [1.29, 1.82) is 0 Å². The molecule has 0 aliphatic rings. The second-order valence-electron chi connectivity index (χ2n) is 6.29. The van der Waals surface area contributed by atoms with E-state index in [1.54, 1.807) is 24.3 Å². The first-order chi connectivity index (χ1) is 13.6. The molecule has 0 aliphatic carbocycles. The summed E-state index contributed by atoms with van der Waals surface area (Å²) in [6.07, 6.45) is 1.51. The van der Waals surface area contributed by atoms with Crippen LogP contribution < -0.4 is 10.1 Å². The zero-order valence-electron chi connectivity index (χ0n) is 15.0. The molecule has 1 N–H and O–H groups in total. The number of anilines is 2. The largest absolute Gasteiger partial charge is 0.423 e. The molecule has 0 amide bonds. The molecule has 0 aliphatic heterocycles. The molecule has 6 heteroatoms. The maximum Gasteiger partial charge on any atom is 0.343 e. The number of hydrogen-bond donors (Lipinski definition) is 1. The molecule has 0 spiro atoms. The fourth-order valence-electron chi connectivity index (χ4n) is 2.76. The highest BCUT2D eigenvalue weighted by molar-refractivity contribution is 9.10. The Kier molecular flexibility index (Phi) is 5.04. The summed E-state index contributed by atoms with van der Waals surface area (Å²) in [4.78, 5) is 21.0. The molecule has 1 heterocycles. The first kappa shape index (κ1) is 18.1. The van der Waals surface area contributed by atoms with Crippen LogP contribution in [0.1, 0.15) is 15.9 Å². The van der Waals surface area contributed by atoms with Crippen LogP contribution in [-0.4, -0.2) is 15.9 Å². The number of nitrogens with one attached hydrogen (secondary N) is 1. The SMILES string of the molecule is Cc1ccc(C(=O)Oc2cccc(Nc3ncnc4ccc(Br)cc34)c2)cc1. The number of rotatable bonds is 4. The number of nitrogens with zero attached hydrogens (tertiary/aromatic N) is 2. The lowest BCUT2D eigenvalue weighted by Crippen LogP contribution is -2.08. The molecule has 3 aromatic carbocycles. The first-order valence-corrected chi connectivity index (χ1v) is 9.44. The smallest absolute Gasteiger partial charge is 0.343 e. The van der Waals surface area contributed by atoms with Crippen molar-refractivity contribution in [1.82, 2.24) is 9.97 Å². The molecule has 0 unspecified atom stereocenters. The topological polar surface area (TPSA) is 64.1 Å². The minimum absolute atomic E-state index is 0.395. The third-order valence-electron chi connectivity index (χ3n) is 4.19. The maximum absolute atomic E-state index is 12.3. The van der Waals surface area contributed by atoms with Gasteiger partial charge in [0.1, 0.15) is 17.9 Å². The van der Waals surface area contributed by atoms with E-state index < -0.39 is 5.97 Å². The van der Waals surface area contributed by atoms with Crippen LogP contribution in [0.3, 0.4) is 0 Å². The van der Waals surface area contributed by atoms with Crippen LogP contribution >= 0.6 is 15.9 Å². The Morgan fingerprint density at radius 2 is 1.82 bits per heavy atom. The predicted octanol–water partition coefficient (Wildman–Crippen LogP) is 5.66. The van der Waals surface area contributed by atoms with Gasteiger partial charge in [0, 0.05) is 21.6 Å². The highest BCUT2D eigenvalue weighted by atomic mass is 79.9. The second kappa shape index (κ2) is 7.78. The van der Waals surface area contributed by atoms with Crippen LogP contribution in [0, 0.1) is 6.92 Å².